The molecule has 1 aliphatic heterocycles. The number of benzene rings is 1. The first-order valence-corrected chi connectivity index (χ1v) is 8.12. The molecule has 3 heterocycles. The van der Waals surface area contributed by atoms with E-state index in [1.54, 1.807) is 0 Å². The van der Waals surface area contributed by atoms with E-state index in [9.17, 15) is 9.59 Å². The van der Waals surface area contributed by atoms with E-state index in [1.165, 1.54) is 0 Å². The quantitative estimate of drug-likeness (QED) is 0.750. The van der Waals surface area contributed by atoms with Crippen LogP contribution in [0.2, 0.25) is 0 Å². The monoisotopic (exact) mass is 325 g/mol. The van der Waals surface area contributed by atoms with Crippen LogP contribution in [0.15, 0.2) is 35.1 Å². The summed E-state index contributed by atoms with van der Waals surface area (Å²) < 4.78 is 1.94. The standard InChI is InChI=1S/C17H19N5O2/c1-21-13-7-3-2-5-11(13)9-14(21)16(23)22-8-4-6-12(10-22)15-18-17(24)20-19-15/h2-3,5,7,9,12H,4,6,8,10H2,1H3,(H2,18,19,20,24)/t12-/m1/s1. The van der Waals surface area contributed by atoms with Gasteiger partial charge in [-0.2, -0.15) is 5.10 Å². The maximum Gasteiger partial charge on any atom is 0.340 e. The van der Waals surface area contributed by atoms with Gasteiger partial charge in [0.25, 0.3) is 5.91 Å². The summed E-state index contributed by atoms with van der Waals surface area (Å²) in [5.41, 5.74) is 1.43. The summed E-state index contributed by atoms with van der Waals surface area (Å²) in [5, 5.41) is 7.49. The summed E-state index contributed by atoms with van der Waals surface area (Å²) >= 11 is 0. The molecule has 124 valence electrons. The summed E-state index contributed by atoms with van der Waals surface area (Å²) in [6.45, 7) is 1.30. The number of aryl methyl sites for hydroxylation is 1. The molecule has 0 bridgehead atoms. The SMILES string of the molecule is Cn1c(C(=O)N2CCC[C@@H](c3n[nH]c(=O)[nH]3)C2)cc2ccccc21. The Balaban J connectivity index is 1.61. The Morgan fingerprint density at radius 2 is 2.17 bits per heavy atom. The van der Waals surface area contributed by atoms with Crippen molar-refractivity contribution in [3.8, 4) is 0 Å². The third-order valence-electron chi connectivity index (χ3n) is 4.79. The molecule has 0 unspecified atom stereocenters. The third kappa shape index (κ3) is 2.42. The summed E-state index contributed by atoms with van der Waals surface area (Å²) in [6, 6.07) is 9.92. The van der Waals surface area contributed by atoms with Gasteiger partial charge in [-0.05, 0) is 25.0 Å². The number of likely N-dealkylation sites (tertiary alicyclic amines) is 1. The van der Waals surface area contributed by atoms with E-state index in [4.69, 9.17) is 0 Å². The van der Waals surface area contributed by atoms with Crippen molar-refractivity contribution in [1.82, 2.24) is 24.6 Å². The average Bonchev–Trinajstić information content (AvgIpc) is 3.19. The Kier molecular flexibility index (Phi) is 3.48. The fourth-order valence-corrected chi connectivity index (χ4v) is 3.52. The van der Waals surface area contributed by atoms with Gasteiger partial charge in [-0.25, -0.2) is 9.89 Å². The molecule has 1 atom stereocenters. The van der Waals surface area contributed by atoms with E-state index in [2.05, 4.69) is 15.2 Å². The molecule has 1 aromatic carbocycles. The van der Waals surface area contributed by atoms with Crippen LogP contribution in [0.1, 0.15) is 35.1 Å². The van der Waals surface area contributed by atoms with Crippen LogP contribution < -0.4 is 5.69 Å². The molecule has 7 heteroatoms. The lowest BCUT2D eigenvalue weighted by Crippen LogP contribution is -2.40. The van der Waals surface area contributed by atoms with Crippen LogP contribution in [0.4, 0.5) is 0 Å². The van der Waals surface area contributed by atoms with E-state index >= 15 is 0 Å². The summed E-state index contributed by atoms with van der Waals surface area (Å²) in [5.74, 6) is 0.724. The lowest BCUT2D eigenvalue weighted by atomic mass is 9.97. The minimum absolute atomic E-state index is 0.0243. The predicted octanol–water partition coefficient (Wildman–Crippen LogP) is 1.61. The first-order valence-electron chi connectivity index (χ1n) is 8.12. The van der Waals surface area contributed by atoms with Crippen molar-refractivity contribution >= 4 is 16.8 Å². The van der Waals surface area contributed by atoms with Crippen LogP contribution in [-0.2, 0) is 7.05 Å². The number of amides is 1. The van der Waals surface area contributed by atoms with E-state index in [0.717, 1.165) is 30.3 Å². The number of fused-ring (bicyclic) bond motifs is 1. The van der Waals surface area contributed by atoms with Crippen molar-refractivity contribution < 1.29 is 4.79 Å². The van der Waals surface area contributed by atoms with E-state index < -0.39 is 0 Å². The molecule has 2 aromatic heterocycles. The van der Waals surface area contributed by atoms with Crippen LogP contribution in [0.3, 0.4) is 0 Å². The number of aromatic amines is 2. The maximum absolute atomic E-state index is 13.0. The second kappa shape index (κ2) is 5.67. The zero-order chi connectivity index (χ0) is 16.7. The molecule has 3 aromatic rings. The van der Waals surface area contributed by atoms with Crippen LogP contribution in [0, 0.1) is 0 Å². The third-order valence-corrected chi connectivity index (χ3v) is 4.79. The van der Waals surface area contributed by atoms with Gasteiger partial charge < -0.3 is 9.47 Å². The van der Waals surface area contributed by atoms with Crippen LogP contribution >= 0.6 is 0 Å². The fraction of sp³-hybridized carbons (Fsp3) is 0.353. The molecule has 1 fully saturated rings. The predicted molar refractivity (Wildman–Crippen MR) is 90.0 cm³/mol. The first kappa shape index (κ1) is 14.7. The van der Waals surface area contributed by atoms with E-state index in [1.807, 2.05) is 46.8 Å². The number of rotatable bonds is 2. The zero-order valence-corrected chi connectivity index (χ0v) is 13.5. The Morgan fingerprint density at radius 3 is 2.92 bits per heavy atom. The summed E-state index contributed by atoms with van der Waals surface area (Å²) in [6.07, 6.45) is 1.81. The average molecular weight is 325 g/mol. The van der Waals surface area contributed by atoms with Crippen molar-refractivity contribution in [2.24, 2.45) is 7.05 Å². The van der Waals surface area contributed by atoms with Gasteiger partial charge in [-0.15, -0.1) is 0 Å². The number of hydrogen-bond donors (Lipinski definition) is 2. The lowest BCUT2D eigenvalue weighted by molar-refractivity contribution is 0.0695. The number of nitrogens with one attached hydrogen (secondary N) is 2. The number of para-hydroxylation sites is 1. The van der Waals surface area contributed by atoms with E-state index in [0.29, 0.717) is 18.1 Å². The molecule has 0 aliphatic carbocycles. The first-order chi connectivity index (χ1) is 11.6. The number of aromatic nitrogens is 4. The molecular formula is C17H19N5O2. The minimum Gasteiger partial charge on any atom is -0.340 e. The van der Waals surface area contributed by atoms with Crippen LogP contribution in [0.25, 0.3) is 10.9 Å². The highest BCUT2D eigenvalue weighted by Gasteiger charge is 2.28. The molecule has 2 N–H and O–H groups in total. The minimum atomic E-state index is -0.304. The lowest BCUT2D eigenvalue weighted by Gasteiger charge is -2.31. The van der Waals surface area contributed by atoms with Gasteiger partial charge in [0.2, 0.25) is 0 Å². The van der Waals surface area contributed by atoms with Crippen molar-refractivity contribution in [2.45, 2.75) is 18.8 Å². The van der Waals surface area contributed by atoms with Crippen LogP contribution in [-0.4, -0.2) is 43.6 Å². The number of carbonyl (C=O) groups excluding carboxylic acids is 1. The number of H-pyrrole nitrogens is 2. The van der Waals surface area contributed by atoms with Crippen molar-refractivity contribution in [2.75, 3.05) is 13.1 Å². The van der Waals surface area contributed by atoms with Crippen molar-refractivity contribution in [3.05, 3.63) is 52.3 Å². The van der Waals surface area contributed by atoms with Gasteiger partial charge in [0.1, 0.15) is 11.5 Å². The largest absolute Gasteiger partial charge is 0.340 e. The molecule has 1 amide bonds. The summed E-state index contributed by atoms with van der Waals surface area (Å²) in [7, 11) is 1.92. The normalized spacial score (nSPS) is 18.2. The Hall–Kier alpha value is -2.83. The Morgan fingerprint density at radius 1 is 1.33 bits per heavy atom. The highest BCUT2D eigenvalue weighted by molar-refractivity contribution is 5.98. The Bertz CT molecular complexity index is 951. The molecule has 1 aliphatic rings. The molecule has 0 radical (unpaired) electrons. The fourth-order valence-electron chi connectivity index (χ4n) is 3.52. The molecule has 0 saturated carbocycles. The molecule has 7 nitrogen and oxygen atoms in total. The molecule has 1 saturated heterocycles. The van der Waals surface area contributed by atoms with E-state index in [-0.39, 0.29) is 17.5 Å². The van der Waals surface area contributed by atoms with Crippen molar-refractivity contribution in [3.63, 3.8) is 0 Å². The number of carbonyl (C=O) groups is 1. The maximum atomic E-state index is 13.0. The molecule has 4 rings (SSSR count). The smallest absolute Gasteiger partial charge is 0.340 e. The van der Waals surface area contributed by atoms with Gasteiger partial charge in [0.15, 0.2) is 0 Å². The van der Waals surface area contributed by atoms with Gasteiger partial charge in [0.05, 0.1) is 0 Å². The zero-order valence-electron chi connectivity index (χ0n) is 13.5. The second-order valence-electron chi connectivity index (χ2n) is 6.30. The molecule has 0 spiro atoms. The Labute approximate surface area is 138 Å². The molecular weight excluding hydrogens is 306 g/mol. The highest BCUT2D eigenvalue weighted by Crippen LogP contribution is 2.26. The van der Waals surface area contributed by atoms with Crippen LogP contribution in [0.5, 0.6) is 0 Å². The van der Waals surface area contributed by atoms with Crippen molar-refractivity contribution in [1.29, 1.82) is 0 Å². The van der Waals surface area contributed by atoms with Gasteiger partial charge in [0, 0.05) is 37.0 Å². The number of hydrogen-bond acceptors (Lipinski definition) is 3. The van der Waals surface area contributed by atoms with Gasteiger partial charge in [-0.3, -0.25) is 9.78 Å². The number of nitrogens with zero attached hydrogens (tertiary/aromatic N) is 3. The van der Waals surface area contributed by atoms with Gasteiger partial charge in [-0.1, -0.05) is 18.2 Å². The summed E-state index contributed by atoms with van der Waals surface area (Å²) in [4.78, 5) is 28.8. The molecule has 24 heavy (non-hydrogen) atoms. The van der Waals surface area contributed by atoms with Gasteiger partial charge >= 0.3 is 5.69 Å². The highest BCUT2D eigenvalue weighted by atomic mass is 16.2. The topological polar surface area (TPSA) is 86.8 Å². The number of piperidine rings is 1. The second-order valence-corrected chi connectivity index (χ2v) is 6.30.